The first kappa shape index (κ1) is 21.6. The number of benzene rings is 2. The molecule has 2 heterocycles. The molecule has 0 saturated carbocycles. The number of anilines is 1. The fourth-order valence-electron chi connectivity index (χ4n) is 3.96. The molecule has 1 aliphatic rings. The molecule has 0 atom stereocenters. The van der Waals surface area contributed by atoms with Gasteiger partial charge >= 0.3 is 0 Å². The Balaban J connectivity index is 1.18. The number of unbranched alkanes of at least 4 members (excludes halogenated alkanes) is 1. The van der Waals surface area contributed by atoms with Crippen molar-refractivity contribution in [3.8, 4) is 11.5 Å². The van der Waals surface area contributed by atoms with Crippen molar-refractivity contribution in [3.05, 3.63) is 48.0 Å². The Morgan fingerprint density at radius 3 is 2.71 bits per heavy atom. The van der Waals surface area contributed by atoms with E-state index in [0.29, 0.717) is 18.8 Å². The van der Waals surface area contributed by atoms with E-state index in [1.165, 1.54) is 10.1 Å². The second-order valence-corrected chi connectivity index (χ2v) is 8.55. The summed E-state index contributed by atoms with van der Waals surface area (Å²) in [6.07, 6.45) is 3.39. The van der Waals surface area contributed by atoms with Gasteiger partial charge in [-0.3, -0.25) is 4.90 Å². The highest BCUT2D eigenvalue weighted by Gasteiger charge is 2.20. The molecule has 2 aromatic carbocycles. The van der Waals surface area contributed by atoms with E-state index in [2.05, 4.69) is 34.1 Å². The number of methoxy groups -OCH3 is 1. The smallest absolute Gasteiger partial charge is 0.161 e. The van der Waals surface area contributed by atoms with Crippen molar-refractivity contribution in [2.45, 2.75) is 19.3 Å². The molecule has 0 unspecified atom stereocenters. The van der Waals surface area contributed by atoms with Crippen LogP contribution in [-0.2, 0) is 11.2 Å². The van der Waals surface area contributed by atoms with Crippen LogP contribution >= 0.6 is 11.5 Å². The number of aromatic nitrogens is 1. The highest BCUT2D eigenvalue weighted by Crippen LogP contribution is 2.30. The fraction of sp³-hybridized carbons (Fsp3) is 0.417. The topological polar surface area (TPSA) is 54.9 Å². The second kappa shape index (κ2) is 10.6. The molecule has 7 heteroatoms. The summed E-state index contributed by atoms with van der Waals surface area (Å²) in [5.74, 6) is 2.56. The highest BCUT2D eigenvalue weighted by atomic mass is 32.1. The van der Waals surface area contributed by atoms with E-state index in [9.17, 15) is 4.79 Å². The lowest BCUT2D eigenvalue weighted by Crippen LogP contribution is -2.46. The molecule has 0 aliphatic carbocycles. The third-order valence-electron chi connectivity index (χ3n) is 5.70. The maximum Gasteiger partial charge on any atom is 0.161 e. The van der Waals surface area contributed by atoms with E-state index >= 15 is 0 Å². The molecule has 0 amide bonds. The number of hydrogen-bond donors (Lipinski definition) is 0. The van der Waals surface area contributed by atoms with Crippen LogP contribution in [0.1, 0.15) is 18.4 Å². The number of fused-ring (bicyclic) bond motifs is 1. The summed E-state index contributed by atoms with van der Waals surface area (Å²) in [4.78, 5) is 15.6. The Kier molecular flexibility index (Phi) is 7.38. The molecule has 31 heavy (non-hydrogen) atoms. The van der Waals surface area contributed by atoms with E-state index in [1.54, 1.807) is 18.6 Å². The molecular weight excluding hydrogens is 410 g/mol. The minimum atomic E-state index is 0.391. The summed E-state index contributed by atoms with van der Waals surface area (Å²) in [6, 6.07) is 14.2. The normalized spacial score (nSPS) is 14.7. The lowest BCUT2D eigenvalue weighted by molar-refractivity contribution is -0.107. The molecule has 164 valence electrons. The second-order valence-electron chi connectivity index (χ2n) is 7.74. The Morgan fingerprint density at radius 1 is 1.06 bits per heavy atom. The molecule has 1 saturated heterocycles. The number of ether oxygens (including phenoxy) is 2. The standard InChI is InChI=1S/C24H29N3O3S/c1-29-22-18-19(10-16-28)8-9-21(22)30-17-5-4-11-26-12-14-27(15-13-26)24-20-6-2-3-7-23(20)31-25-24/h2-3,6-9,16,18H,4-5,10-15,17H2,1H3. The third kappa shape index (κ3) is 5.35. The maximum absolute atomic E-state index is 10.7. The average Bonchev–Trinajstić information content (AvgIpc) is 3.24. The van der Waals surface area contributed by atoms with E-state index in [0.717, 1.165) is 69.0 Å². The number of piperazine rings is 1. The third-order valence-corrected chi connectivity index (χ3v) is 6.52. The lowest BCUT2D eigenvalue weighted by Gasteiger charge is -2.35. The minimum Gasteiger partial charge on any atom is -0.493 e. The summed E-state index contributed by atoms with van der Waals surface area (Å²) in [6.45, 7) is 5.93. The minimum absolute atomic E-state index is 0.391. The van der Waals surface area contributed by atoms with E-state index in [4.69, 9.17) is 13.8 Å². The average molecular weight is 440 g/mol. The van der Waals surface area contributed by atoms with Gasteiger partial charge in [-0.15, -0.1) is 0 Å². The van der Waals surface area contributed by atoms with Crippen LogP contribution in [0.25, 0.3) is 10.1 Å². The van der Waals surface area contributed by atoms with Crippen LogP contribution in [0.2, 0.25) is 0 Å². The van der Waals surface area contributed by atoms with Gasteiger partial charge in [0.15, 0.2) is 11.5 Å². The first-order chi connectivity index (χ1) is 15.3. The summed E-state index contributed by atoms with van der Waals surface area (Å²) >= 11 is 1.59. The van der Waals surface area contributed by atoms with Crippen molar-refractivity contribution < 1.29 is 14.3 Å². The number of aldehydes is 1. The van der Waals surface area contributed by atoms with Gasteiger partial charge in [0.2, 0.25) is 0 Å². The molecular formula is C24H29N3O3S. The molecule has 0 spiro atoms. The van der Waals surface area contributed by atoms with Gasteiger partial charge in [0.25, 0.3) is 0 Å². The summed E-state index contributed by atoms with van der Waals surface area (Å²) in [5, 5.41) is 1.27. The van der Waals surface area contributed by atoms with Crippen molar-refractivity contribution in [3.63, 3.8) is 0 Å². The van der Waals surface area contributed by atoms with Gasteiger partial charge < -0.3 is 19.2 Å². The zero-order chi connectivity index (χ0) is 21.5. The van der Waals surface area contributed by atoms with Crippen LogP contribution in [0.4, 0.5) is 5.82 Å². The van der Waals surface area contributed by atoms with Crippen molar-refractivity contribution in [1.29, 1.82) is 0 Å². The molecule has 0 radical (unpaired) electrons. The van der Waals surface area contributed by atoms with Crippen molar-refractivity contribution in [2.75, 3.05) is 51.3 Å². The van der Waals surface area contributed by atoms with Gasteiger partial charge in [-0.1, -0.05) is 18.2 Å². The Hall–Kier alpha value is -2.64. The number of carbonyl (C=O) groups is 1. The van der Waals surface area contributed by atoms with Crippen LogP contribution in [0.3, 0.4) is 0 Å². The first-order valence-corrected chi connectivity index (χ1v) is 11.6. The van der Waals surface area contributed by atoms with Gasteiger partial charge in [0, 0.05) is 38.0 Å². The molecule has 4 rings (SSSR count). The van der Waals surface area contributed by atoms with Crippen LogP contribution in [-0.4, -0.2) is 62.0 Å². The quantitative estimate of drug-likeness (QED) is 0.351. The molecule has 1 aliphatic heterocycles. The lowest BCUT2D eigenvalue weighted by atomic mass is 10.1. The van der Waals surface area contributed by atoms with Crippen LogP contribution < -0.4 is 14.4 Å². The van der Waals surface area contributed by atoms with Gasteiger partial charge in [-0.2, -0.15) is 4.37 Å². The zero-order valence-electron chi connectivity index (χ0n) is 18.0. The van der Waals surface area contributed by atoms with Crippen LogP contribution in [0, 0.1) is 0 Å². The number of hydrogen-bond acceptors (Lipinski definition) is 7. The molecule has 3 aromatic rings. The zero-order valence-corrected chi connectivity index (χ0v) is 18.8. The van der Waals surface area contributed by atoms with Crippen molar-refractivity contribution in [1.82, 2.24) is 9.27 Å². The Labute approximate surface area is 187 Å². The summed E-state index contributed by atoms with van der Waals surface area (Å²) in [7, 11) is 1.63. The van der Waals surface area contributed by atoms with E-state index in [1.807, 2.05) is 18.2 Å². The Morgan fingerprint density at radius 2 is 1.90 bits per heavy atom. The van der Waals surface area contributed by atoms with Crippen molar-refractivity contribution in [2.24, 2.45) is 0 Å². The van der Waals surface area contributed by atoms with Crippen molar-refractivity contribution >= 4 is 33.7 Å². The van der Waals surface area contributed by atoms with Gasteiger partial charge in [-0.05, 0) is 60.7 Å². The molecule has 0 N–H and O–H groups in total. The predicted octanol–water partition coefficient (Wildman–Crippen LogP) is 4.03. The summed E-state index contributed by atoms with van der Waals surface area (Å²) < 4.78 is 17.3. The van der Waals surface area contributed by atoms with Crippen LogP contribution in [0.5, 0.6) is 11.5 Å². The van der Waals surface area contributed by atoms with Gasteiger partial charge in [0.1, 0.15) is 12.1 Å². The summed E-state index contributed by atoms with van der Waals surface area (Å²) in [5.41, 5.74) is 0.934. The molecule has 1 aromatic heterocycles. The highest BCUT2D eigenvalue weighted by molar-refractivity contribution is 7.13. The van der Waals surface area contributed by atoms with E-state index in [-0.39, 0.29) is 0 Å². The first-order valence-electron chi connectivity index (χ1n) is 10.8. The van der Waals surface area contributed by atoms with Gasteiger partial charge in [-0.25, -0.2) is 0 Å². The van der Waals surface area contributed by atoms with E-state index < -0.39 is 0 Å². The predicted molar refractivity (Wildman–Crippen MR) is 126 cm³/mol. The largest absolute Gasteiger partial charge is 0.493 e. The Bertz CT molecular complexity index is 999. The molecule has 1 fully saturated rings. The van der Waals surface area contributed by atoms with Crippen LogP contribution in [0.15, 0.2) is 42.5 Å². The molecule has 6 nitrogen and oxygen atoms in total. The number of nitrogens with zero attached hydrogens (tertiary/aromatic N) is 3. The van der Waals surface area contributed by atoms with Gasteiger partial charge in [0.05, 0.1) is 18.4 Å². The number of rotatable bonds is 10. The number of carbonyl (C=O) groups excluding carboxylic acids is 1. The maximum atomic E-state index is 10.7. The molecule has 0 bridgehead atoms. The SMILES string of the molecule is COc1cc(CC=O)ccc1OCCCCN1CCN(c2nsc3ccccc23)CC1. The monoisotopic (exact) mass is 439 g/mol. The fourth-order valence-corrected chi connectivity index (χ4v) is 4.75.